The van der Waals surface area contributed by atoms with Crippen molar-refractivity contribution in [2.75, 3.05) is 13.2 Å². The van der Waals surface area contributed by atoms with E-state index in [1.165, 1.54) is 0 Å². The lowest BCUT2D eigenvalue weighted by molar-refractivity contribution is -0.135. The Labute approximate surface area is 155 Å². The van der Waals surface area contributed by atoms with Crippen molar-refractivity contribution in [1.82, 2.24) is 5.32 Å². The lowest BCUT2D eigenvalue weighted by Gasteiger charge is -2.56. The van der Waals surface area contributed by atoms with Crippen molar-refractivity contribution in [2.24, 2.45) is 34.5 Å². The second-order valence-corrected chi connectivity index (χ2v) is 9.29. The highest BCUT2D eigenvalue weighted by Gasteiger charge is 2.58. The number of amides is 1. The number of carbonyl (C=O) groups excluding carboxylic acids is 1. The molecule has 148 valence electrons. The Morgan fingerprint density at radius 3 is 2.58 bits per heavy atom. The second-order valence-electron chi connectivity index (χ2n) is 9.29. The summed E-state index contributed by atoms with van der Waals surface area (Å²) >= 11 is 0. The molecule has 0 spiro atoms. The van der Waals surface area contributed by atoms with E-state index < -0.39 is 6.09 Å². The SMILES string of the molecule is C[C@@]1([C@H]2CC[C@]3(C)C(=O)CC[C@H]3[C@@H]2CNC(=O)O)CC[C@H](O)C[C@@H]1CO. The maximum atomic E-state index is 12.5. The summed E-state index contributed by atoms with van der Waals surface area (Å²) in [6.45, 7) is 4.68. The predicted octanol–water partition coefficient (Wildman–Crippen LogP) is 2.43. The first-order valence-electron chi connectivity index (χ1n) is 10.0. The highest BCUT2D eigenvalue weighted by atomic mass is 16.4. The van der Waals surface area contributed by atoms with Crippen LogP contribution in [0.3, 0.4) is 0 Å². The van der Waals surface area contributed by atoms with Gasteiger partial charge in [-0.1, -0.05) is 13.8 Å². The summed E-state index contributed by atoms with van der Waals surface area (Å²) in [5.41, 5.74) is -0.466. The molecule has 0 aromatic rings. The fourth-order valence-corrected chi connectivity index (χ4v) is 6.54. The van der Waals surface area contributed by atoms with E-state index in [0.717, 1.165) is 32.1 Å². The summed E-state index contributed by atoms with van der Waals surface area (Å²) in [5.74, 6) is 0.895. The molecule has 0 bridgehead atoms. The number of ketones is 1. The molecule has 3 aliphatic rings. The smallest absolute Gasteiger partial charge is 0.404 e. The van der Waals surface area contributed by atoms with Gasteiger partial charge in [0.25, 0.3) is 0 Å². The largest absolute Gasteiger partial charge is 0.465 e. The second kappa shape index (κ2) is 7.12. The highest BCUT2D eigenvalue weighted by Crippen LogP contribution is 2.61. The Morgan fingerprint density at radius 2 is 1.92 bits per heavy atom. The molecule has 6 heteroatoms. The van der Waals surface area contributed by atoms with Gasteiger partial charge in [-0.15, -0.1) is 0 Å². The molecule has 7 atom stereocenters. The Morgan fingerprint density at radius 1 is 1.19 bits per heavy atom. The minimum atomic E-state index is -1.02. The molecule has 3 rings (SSSR count). The van der Waals surface area contributed by atoms with Crippen LogP contribution in [0.15, 0.2) is 0 Å². The van der Waals surface area contributed by atoms with Gasteiger partial charge in [0.05, 0.1) is 6.10 Å². The van der Waals surface area contributed by atoms with Crippen molar-refractivity contribution in [2.45, 2.75) is 64.9 Å². The summed E-state index contributed by atoms with van der Waals surface area (Å²) in [7, 11) is 0. The summed E-state index contributed by atoms with van der Waals surface area (Å²) in [5, 5.41) is 31.8. The van der Waals surface area contributed by atoms with Crippen LogP contribution in [-0.2, 0) is 4.79 Å². The zero-order valence-electron chi connectivity index (χ0n) is 15.9. The molecular weight excluding hydrogens is 334 g/mol. The van der Waals surface area contributed by atoms with Crippen molar-refractivity contribution in [1.29, 1.82) is 0 Å². The van der Waals surface area contributed by atoms with E-state index in [1.807, 2.05) is 0 Å². The van der Waals surface area contributed by atoms with Crippen LogP contribution in [0.25, 0.3) is 0 Å². The molecule has 0 aliphatic heterocycles. The molecule has 0 heterocycles. The van der Waals surface area contributed by atoms with Gasteiger partial charge in [0.1, 0.15) is 5.78 Å². The average Bonchev–Trinajstić information content (AvgIpc) is 2.90. The lowest BCUT2D eigenvalue weighted by atomic mass is 9.49. The number of carbonyl (C=O) groups is 2. The van der Waals surface area contributed by atoms with E-state index >= 15 is 0 Å². The van der Waals surface area contributed by atoms with Crippen LogP contribution in [0.5, 0.6) is 0 Å². The van der Waals surface area contributed by atoms with E-state index in [4.69, 9.17) is 5.11 Å². The molecule has 0 saturated heterocycles. The zero-order chi connectivity index (χ0) is 19.1. The number of hydrogen-bond acceptors (Lipinski definition) is 4. The fourth-order valence-electron chi connectivity index (χ4n) is 6.54. The number of aliphatic hydroxyl groups excluding tert-OH is 2. The summed E-state index contributed by atoms with van der Waals surface area (Å²) in [6.07, 6.45) is 3.93. The van der Waals surface area contributed by atoms with Crippen molar-refractivity contribution < 1.29 is 24.9 Å². The first kappa shape index (κ1) is 19.6. The van der Waals surface area contributed by atoms with Crippen LogP contribution in [-0.4, -0.2) is 46.5 Å². The van der Waals surface area contributed by atoms with Gasteiger partial charge in [-0.2, -0.15) is 0 Å². The number of fused-ring (bicyclic) bond motifs is 1. The predicted molar refractivity (Wildman–Crippen MR) is 96.6 cm³/mol. The number of hydrogen-bond donors (Lipinski definition) is 4. The normalized spacial score (nSPS) is 46.0. The van der Waals surface area contributed by atoms with Crippen LogP contribution in [0.4, 0.5) is 4.79 Å². The van der Waals surface area contributed by atoms with Gasteiger partial charge in [-0.25, -0.2) is 4.79 Å². The molecule has 26 heavy (non-hydrogen) atoms. The summed E-state index contributed by atoms with van der Waals surface area (Å²) in [4.78, 5) is 23.7. The van der Waals surface area contributed by atoms with Crippen LogP contribution < -0.4 is 5.32 Å². The topological polar surface area (TPSA) is 107 Å². The van der Waals surface area contributed by atoms with Crippen molar-refractivity contribution >= 4 is 11.9 Å². The van der Waals surface area contributed by atoms with Gasteiger partial charge in [-0.05, 0) is 67.6 Å². The Kier molecular flexibility index (Phi) is 5.37. The maximum absolute atomic E-state index is 12.5. The third-order valence-corrected chi connectivity index (χ3v) is 8.21. The molecule has 0 radical (unpaired) electrons. The van der Waals surface area contributed by atoms with E-state index in [1.54, 1.807) is 0 Å². The van der Waals surface area contributed by atoms with E-state index in [9.17, 15) is 19.8 Å². The lowest BCUT2D eigenvalue weighted by Crippen LogP contribution is -2.54. The van der Waals surface area contributed by atoms with Crippen LogP contribution in [0.2, 0.25) is 0 Å². The van der Waals surface area contributed by atoms with Gasteiger partial charge in [0, 0.05) is 25.0 Å². The molecule has 0 aromatic heterocycles. The number of aliphatic hydroxyl groups is 2. The average molecular weight is 367 g/mol. The van der Waals surface area contributed by atoms with Gasteiger partial charge >= 0.3 is 6.09 Å². The van der Waals surface area contributed by atoms with E-state index in [-0.39, 0.29) is 47.2 Å². The van der Waals surface area contributed by atoms with Gasteiger partial charge in [-0.3, -0.25) is 4.79 Å². The summed E-state index contributed by atoms with van der Waals surface area (Å²) in [6, 6.07) is 0. The number of rotatable bonds is 4. The Balaban J connectivity index is 1.91. The molecular formula is C20H33NO5. The Bertz CT molecular complexity index is 566. The molecule has 1 amide bonds. The standard InChI is InChI=1S/C20H33NO5/c1-19(7-5-13(23)9-12(19)11-22)16-6-8-20(2)15(3-4-17(20)24)14(16)10-21-18(25)26/h12-16,21-23H,3-11H2,1-2H3,(H,25,26)/t12-,13+,14+,15+,16+,19-,20+/m1/s1. The third kappa shape index (κ3) is 3.15. The van der Waals surface area contributed by atoms with E-state index in [0.29, 0.717) is 25.2 Å². The molecule has 3 fully saturated rings. The zero-order valence-corrected chi connectivity index (χ0v) is 15.9. The fraction of sp³-hybridized carbons (Fsp3) is 0.900. The van der Waals surface area contributed by atoms with Gasteiger partial charge < -0.3 is 20.6 Å². The molecule has 6 nitrogen and oxygen atoms in total. The van der Waals surface area contributed by atoms with Crippen LogP contribution >= 0.6 is 0 Å². The molecule has 0 aromatic carbocycles. The van der Waals surface area contributed by atoms with Crippen molar-refractivity contribution in [3.63, 3.8) is 0 Å². The van der Waals surface area contributed by atoms with E-state index in [2.05, 4.69) is 19.2 Å². The van der Waals surface area contributed by atoms with Gasteiger partial charge in [0.2, 0.25) is 0 Å². The van der Waals surface area contributed by atoms with Crippen LogP contribution in [0, 0.1) is 34.5 Å². The number of nitrogens with one attached hydrogen (secondary N) is 1. The number of carboxylic acid groups (broad SMARTS) is 1. The Hall–Kier alpha value is -1.14. The van der Waals surface area contributed by atoms with Crippen molar-refractivity contribution in [3.8, 4) is 0 Å². The van der Waals surface area contributed by atoms with Crippen molar-refractivity contribution in [3.05, 3.63) is 0 Å². The molecule has 0 unspecified atom stereocenters. The quantitative estimate of drug-likeness (QED) is 0.610. The minimum Gasteiger partial charge on any atom is -0.465 e. The minimum absolute atomic E-state index is 0.0186. The third-order valence-electron chi connectivity index (χ3n) is 8.21. The monoisotopic (exact) mass is 367 g/mol. The van der Waals surface area contributed by atoms with Crippen LogP contribution in [0.1, 0.15) is 58.8 Å². The van der Waals surface area contributed by atoms with Gasteiger partial charge in [0.15, 0.2) is 0 Å². The number of Topliss-reactive ketones (excluding diaryl/α,β-unsaturated/α-hetero) is 1. The summed E-state index contributed by atoms with van der Waals surface area (Å²) < 4.78 is 0. The maximum Gasteiger partial charge on any atom is 0.404 e. The first-order chi connectivity index (χ1) is 12.2. The first-order valence-corrected chi connectivity index (χ1v) is 10.0. The molecule has 3 aliphatic carbocycles. The molecule has 4 N–H and O–H groups in total. The molecule has 3 saturated carbocycles. The highest BCUT2D eigenvalue weighted by molar-refractivity contribution is 5.87.